The Bertz CT molecular complexity index is 892. The summed E-state index contributed by atoms with van der Waals surface area (Å²) in [7, 11) is 0. The Morgan fingerprint density at radius 2 is 2.00 bits per heavy atom. The number of hydrogen-bond acceptors (Lipinski definition) is 12. The number of hydrogen-bond donors (Lipinski definition) is 7. The number of nitrogen functional groups attached to an aromatic ring is 1. The monoisotopic (exact) mass is 399 g/mol. The van der Waals surface area contributed by atoms with Crippen molar-refractivity contribution in [3.8, 4) is 0 Å². The van der Waals surface area contributed by atoms with Gasteiger partial charge in [0.25, 0.3) is 5.56 Å². The lowest BCUT2D eigenvalue weighted by molar-refractivity contribution is -0.315. The van der Waals surface area contributed by atoms with Gasteiger partial charge in [0.2, 0.25) is 5.95 Å². The molecule has 0 radical (unpaired) electrons. The number of ether oxygens (including phenoxy) is 2. The van der Waals surface area contributed by atoms with Crippen molar-refractivity contribution in [1.29, 1.82) is 0 Å². The molecule has 2 aromatic rings. The first-order valence-corrected chi connectivity index (χ1v) is 8.39. The second kappa shape index (κ2) is 8.00. The number of aromatic nitrogens is 4. The van der Waals surface area contributed by atoms with Crippen LogP contribution in [-0.2, 0) is 9.47 Å². The van der Waals surface area contributed by atoms with Crippen LogP contribution in [-0.4, -0.2) is 88.9 Å². The molecule has 1 aliphatic rings. The van der Waals surface area contributed by atoms with Gasteiger partial charge >= 0.3 is 0 Å². The van der Waals surface area contributed by atoms with Crippen LogP contribution in [0.3, 0.4) is 0 Å². The van der Waals surface area contributed by atoms with Gasteiger partial charge in [0.05, 0.1) is 24.6 Å². The number of H-pyrrole nitrogens is 1. The number of nitrogens with zero attached hydrogens (tertiary/aromatic N) is 3. The molecular weight excluding hydrogens is 378 g/mol. The third-order valence-electron chi connectivity index (χ3n) is 4.40. The summed E-state index contributed by atoms with van der Waals surface area (Å²) < 4.78 is 10.7. The highest BCUT2D eigenvalue weighted by atomic mass is 16.7. The van der Waals surface area contributed by atoms with Gasteiger partial charge in [0.1, 0.15) is 30.5 Å². The Morgan fingerprint density at radius 1 is 1.29 bits per heavy atom. The predicted molar refractivity (Wildman–Crippen MR) is 91.6 cm³/mol. The van der Waals surface area contributed by atoms with Gasteiger partial charge in [0, 0.05) is 0 Å². The molecule has 1 aliphatic heterocycles. The highest BCUT2D eigenvalue weighted by molar-refractivity contribution is 5.69. The maximum atomic E-state index is 11.9. The number of anilines is 1. The Kier molecular flexibility index (Phi) is 5.85. The minimum Gasteiger partial charge on any atom is -0.394 e. The van der Waals surface area contributed by atoms with Crippen molar-refractivity contribution in [3.05, 3.63) is 22.2 Å². The third kappa shape index (κ3) is 3.81. The normalized spacial score (nSPS) is 30.3. The SMILES string of the molecule is CC(OC1OC(CO)C(O)C(O)C1O)C(O)c1cnc2nc(N)[nH]c(=O)c2n1. The Hall–Kier alpha value is -2.26. The zero-order chi connectivity index (χ0) is 20.6. The lowest BCUT2D eigenvalue weighted by Crippen LogP contribution is -2.59. The molecule has 7 unspecified atom stereocenters. The molecule has 0 aliphatic carbocycles. The summed E-state index contributed by atoms with van der Waals surface area (Å²) in [5, 5.41) is 49.3. The van der Waals surface area contributed by atoms with Crippen molar-refractivity contribution in [2.75, 3.05) is 12.3 Å². The molecule has 2 aromatic heterocycles. The van der Waals surface area contributed by atoms with Gasteiger partial charge in [-0.05, 0) is 6.92 Å². The molecule has 0 bridgehead atoms. The molecule has 0 amide bonds. The lowest BCUT2D eigenvalue weighted by Gasteiger charge is -2.40. The summed E-state index contributed by atoms with van der Waals surface area (Å²) in [5.74, 6) is -0.126. The van der Waals surface area contributed by atoms with Crippen LogP contribution in [0.15, 0.2) is 11.0 Å². The van der Waals surface area contributed by atoms with Crippen molar-refractivity contribution in [2.24, 2.45) is 0 Å². The van der Waals surface area contributed by atoms with E-state index in [0.717, 1.165) is 0 Å². The first kappa shape index (κ1) is 20.5. The molecule has 13 nitrogen and oxygen atoms in total. The largest absolute Gasteiger partial charge is 0.394 e. The van der Waals surface area contributed by atoms with E-state index in [1.54, 1.807) is 0 Å². The fourth-order valence-electron chi connectivity index (χ4n) is 2.80. The minimum atomic E-state index is -1.62. The standard InChI is InChI=1S/C15H21N5O8/c1-4(27-14-11(25)10(24)9(23)6(3-21)28-14)8(22)5-2-17-12-7(18-5)13(26)20-15(16)19-12/h2,4,6,8-11,14,21-25H,3H2,1H3,(H3,16,17,19,20,26). The Balaban J connectivity index is 1.78. The van der Waals surface area contributed by atoms with Crippen LogP contribution in [0.4, 0.5) is 5.95 Å². The predicted octanol–water partition coefficient (Wildman–Crippen LogP) is -3.47. The van der Waals surface area contributed by atoms with Gasteiger partial charge in [-0.1, -0.05) is 0 Å². The van der Waals surface area contributed by atoms with E-state index in [9.17, 15) is 30.3 Å². The number of aliphatic hydroxyl groups is 5. The average Bonchev–Trinajstić information content (AvgIpc) is 2.67. The summed E-state index contributed by atoms with van der Waals surface area (Å²) in [4.78, 5) is 26.0. The van der Waals surface area contributed by atoms with Crippen molar-refractivity contribution in [3.63, 3.8) is 0 Å². The van der Waals surface area contributed by atoms with E-state index >= 15 is 0 Å². The fraction of sp³-hybridized carbons (Fsp3) is 0.600. The van der Waals surface area contributed by atoms with Crippen LogP contribution in [0.1, 0.15) is 18.7 Å². The summed E-state index contributed by atoms with van der Waals surface area (Å²) in [5.41, 5.74) is 4.66. The van der Waals surface area contributed by atoms with Crippen LogP contribution in [0, 0.1) is 0 Å². The van der Waals surface area contributed by atoms with Gasteiger partial charge in [-0.3, -0.25) is 9.78 Å². The van der Waals surface area contributed by atoms with E-state index in [1.807, 2.05) is 0 Å². The zero-order valence-electron chi connectivity index (χ0n) is 14.7. The fourth-order valence-corrected chi connectivity index (χ4v) is 2.80. The number of nitrogens with one attached hydrogen (secondary N) is 1. The number of aliphatic hydroxyl groups excluding tert-OH is 5. The van der Waals surface area contributed by atoms with Crippen molar-refractivity contribution in [1.82, 2.24) is 19.9 Å². The molecule has 0 spiro atoms. The molecule has 3 rings (SSSR count). The van der Waals surface area contributed by atoms with E-state index in [-0.39, 0.29) is 22.8 Å². The highest BCUT2D eigenvalue weighted by Crippen LogP contribution is 2.26. The zero-order valence-corrected chi connectivity index (χ0v) is 14.7. The molecule has 28 heavy (non-hydrogen) atoms. The number of fused-ring (bicyclic) bond motifs is 1. The smallest absolute Gasteiger partial charge is 0.280 e. The molecule has 7 atom stereocenters. The molecule has 154 valence electrons. The molecule has 3 heterocycles. The average molecular weight is 399 g/mol. The van der Waals surface area contributed by atoms with Crippen LogP contribution in [0.5, 0.6) is 0 Å². The van der Waals surface area contributed by atoms with Gasteiger partial charge in [0.15, 0.2) is 17.5 Å². The van der Waals surface area contributed by atoms with Gasteiger partial charge in [-0.2, -0.15) is 4.98 Å². The number of nitrogens with two attached hydrogens (primary N) is 1. The van der Waals surface area contributed by atoms with Crippen LogP contribution >= 0.6 is 0 Å². The van der Waals surface area contributed by atoms with Gasteiger partial charge < -0.3 is 40.7 Å². The van der Waals surface area contributed by atoms with E-state index < -0.39 is 55.1 Å². The van der Waals surface area contributed by atoms with Crippen molar-refractivity contribution < 1.29 is 35.0 Å². The molecule has 1 saturated heterocycles. The van der Waals surface area contributed by atoms with E-state index in [4.69, 9.17) is 15.2 Å². The van der Waals surface area contributed by atoms with Gasteiger partial charge in [-0.15, -0.1) is 0 Å². The minimum absolute atomic E-state index is 0.000273. The molecular formula is C15H21N5O8. The summed E-state index contributed by atoms with van der Waals surface area (Å²) in [6.45, 7) is 0.820. The summed E-state index contributed by atoms with van der Waals surface area (Å²) in [6, 6.07) is 0. The van der Waals surface area contributed by atoms with Crippen molar-refractivity contribution >= 4 is 17.1 Å². The summed E-state index contributed by atoms with van der Waals surface area (Å²) in [6.07, 6.45) is -8.58. The topological polar surface area (TPSA) is 217 Å². The maximum absolute atomic E-state index is 11.9. The van der Waals surface area contributed by atoms with Gasteiger partial charge in [-0.25, -0.2) is 9.97 Å². The van der Waals surface area contributed by atoms with Crippen LogP contribution in [0.2, 0.25) is 0 Å². The molecule has 13 heteroatoms. The van der Waals surface area contributed by atoms with Crippen LogP contribution < -0.4 is 11.3 Å². The highest BCUT2D eigenvalue weighted by Gasteiger charge is 2.45. The summed E-state index contributed by atoms with van der Waals surface area (Å²) >= 11 is 0. The van der Waals surface area contributed by atoms with E-state index in [2.05, 4.69) is 19.9 Å². The second-order valence-electron chi connectivity index (χ2n) is 6.40. The maximum Gasteiger partial charge on any atom is 0.280 e. The lowest BCUT2D eigenvalue weighted by atomic mass is 9.99. The van der Waals surface area contributed by atoms with Crippen LogP contribution in [0.25, 0.3) is 11.2 Å². The Labute approximate surface area is 157 Å². The second-order valence-corrected chi connectivity index (χ2v) is 6.40. The first-order chi connectivity index (χ1) is 13.2. The van der Waals surface area contributed by atoms with Crippen molar-refractivity contribution in [2.45, 2.75) is 49.8 Å². The number of rotatable bonds is 5. The van der Waals surface area contributed by atoms with E-state index in [0.29, 0.717) is 0 Å². The number of aromatic amines is 1. The first-order valence-electron chi connectivity index (χ1n) is 8.39. The van der Waals surface area contributed by atoms with E-state index in [1.165, 1.54) is 13.1 Å². The molecule has 8 N–H and O–H groups in total. The quantitative estimate of drug-likeness (QED) is 0.261. The Morgan fingerprint density at radius 3 is 2.68 bits per heavy atom. The molecule has 0 saturated carbocycles. The molecule has 1 fully saturated rings. The third-order valence-corrected chi connectivity index (χ3v) is 4.40. The molecule has 0 aromatic carbocycles.